The Balaban J connectivity index is 2.52. The fourth-order valence-electron chi connectivity index (χ4n) is 2.15. The van der Waals surface area contributed by atoms with Crippen molar-refractivity contribution >= 4 is 27.5 Å². The Labute approximate surface area is 149 Å². The lowest BCUT2D eigenvalue weighted by Gasteiger charge is -2.19. The summed E-state index contributed by atoms with van der Waals surface area (Å²) in [5.41, 5.74) is 0.933. The molecule has 0 aliphatic heterocycles. The first-order valence-corrected chi connectivity index (χ1v) is 10.0. The van der Waals surface area contributed by atoms with Gasteiger partial charge in [-0.2, -0.15) is 4.31 Å². The van der Waals surface area contributed by atoms with Gasteiger partial charge in [0.1, 0.15) is 0 Å². The van der Waals surface area contributed by atoms with Crippen molar-refractivity contribution in [2.75, 3.05) is 46.5 Å². The Bertz CT molecular complexity index is 635. The number of benzene rings is 1. The van der Waals surface area contributed by atoms with Crippen LogP contribution in [0.4, 0.5) is 0 Å². The highest BCUT2D eigenvalue weighted by Crippen LogP contribution is 2.12. The van der Waals surface area contributed by atoms with E-state index in [1.54, 1.807) is 12.1 Å². The van der Waals surface area contributed by atoms with Crippen LogP contribution in [0.2, 0.25) is 5.02 Å². The third kappa shape index (κ3) is 8.63. The molecule has 1 rings (SSSR count). The highest BCUT2D eigenvalue weighted by molar-refractivity contribution is 7.88. The first kappa shape index (κ1) is 20.9. The maximum absolute atomic E-state index is 12.0. The second-order valence-electron chi connectivity index (χ2n) is 5.98. The number of carbonyl (C=O) groups excluding carboxylic acids is 1. The molecule has 1 N–H and O–H groups in total. The highest BCUT2D eigenvalue weighted by Gasteiger charge is 2.19. The van der Waals surface area contributed by atoms with Crippen LogP contribution in [0, 0.1) is 0 Å². The summed E-state index contributed by atoms with van der Waals surface area (Å²) in [5.74, 6) is -0.287. The number of nitrogens with one attached hydrogen (secondary N) is 1. The van der Waals surface area contributed by atoms with Crippen molar-refractivity contribution in [3.8, 4) is 0 Å². The van der Waals surface area contributed by atoms with Gasteiger partial charge >= 0.3 is 0 Å². The van der Waals surface area contributed by atoms with Gasteiger partial charge in [0.05, 0.1) is 12.8 Å². The first-order valence-electron chi connectivity index (χ1n) is 7.79. The molecule has 6 nitrogen and oxygen atoms in total. The maximum Gasteiger partial charge on any atom is 0.235 e. The van der Waals surface area contributed by atoms with Gasteiger partial charge in [0.2, 0.25) is 15.9 Å². The normalized spacial score (nSPS) is 11.9. The largest absolute Gasteiger partial charge is 0.355 e. The zero-order valence-corrected chi connectivity index (χ0v) is 16.0. The molecule has 0 spiro atoms. The van der Waals surface area contributed by atoms with Gasteiger partial charge in [0.25, 0.3) is 0 Å². The number of sulfonamides is 1. The number of rotatable bonds is 10. The molecule has 1 aromatic rings. The van der Waals surface area contributed by atoms with Gasteiger partial charge in [-0.05, 0) is 51.2 Å². The molecule has 0 aromatic heterocycles. The molecule has 0 fully saturated rings. The second-order valence-corrected chi connectivity index (χ2v) is 8.40. The fourth-order valence-corrected chi connectivity index (χ4v) is 3.14. The highest BCUT2D eigenvalue weighted by atomic mass is 35.5. The number of hydrogen-bond acceptors (Lipinski definition) is 4. The SMILES string of the molecule is CN(C)CCCNC(=O)CN(CCc1cccc(Cl)c1)S(C)(=O)=O. The van der Waals surface area contributed by atoms with Crippen molar-refractivity contribution in [2.24, 2.45) is 0 Å². The molecule has 1 aromatic carbocycles. The minimum Gasteiger partial charge on any atom is -0.355 e. The van der Waals surface area contributed by atoms with Crippen LogP contribution in [-0.2, 0) is 21.2 Å². The number of halogens is 1. The van der Waals surface area contributed by atoms with E-state index in [0.29, 0.717) is 18.0 Å². The van der Waals surface area contributed by atoms with Gasteiger partial charge in [0, 0.05) is 18.1 Å². The average molecular weight is 376 g/mol. The van der Waals surface area contributed by atoms with Crippen LogP contribution in [0.25, 0.3) is 0 Å². The van der Waals surface area contributed by atoms with E-state index in [4.69, 9.17) is 11.6 Å². The standard InChI is InChI=1S/C16H26ClN3O3S/c1-19(2)10-5-9-18-16(21)13-20(24(3,22)23)11-8-14-6-4-7-15(17)12-14/h4,6-7,12H,5,8-11,13H2,1-3H3,(H,18,21). The van der Waals surface area contributed by atoms with Crippen LogP contribution in [0.15, 0.2) is 24.3 Å². The topological polar surface area (TPSA) is 69.7 Å². The van der Waals surface area contributed by atoms with E-state index in [-0.39, 0.29) is 19.0 Å². The average Bonchev–Trinajstić information content (AvgIpc) is 2.46. The van der Waals surface area contributed by atoms with Gasteiger partial charge in [-0.25, -0.2) is 8.42 Å². The summed E-state index contributed by atoms with van der Waals surface area (Å²) in [4.78, 5) is 14.0. The molecular weight excluding hydrogens is 350 g/mol. The van der Waals surface area contributed by atoms with Crippen LogP contribution in [0.1, 0.15) is 12.0 Å². The lowest BCUT2D eigenvalue weighted by molar-refractivity contribution is -0.121. The van der Waals surface area contributed by atoms with E-state index in [2.05, 4.69) is 5.32 Å². The van der Waals surface area contributed by atoms with Crippen LogP contribution in [0.5, 0.6) is 0 Å². The van der Waals surface area contributed by atoms with Crippen LogP contribution in [-0.4, -0.2) is 70.1 Å². The first-order chi connectivity index (χ1) is 11.2. The van der Waals surface area contributed by atoms with E-state index in [9.17, 15) is 13.2 Å². The summed E-state index contributed by atoms with van der Waals surface area (Å²) in [6, 6.07) is 7.26. The number of hydrogen-bond donors (Lipinski definition) is 1. The Hall–Kier alpha value is -1.15. The smallest absolute Gasteiger partial charge is 0.235 e. The predicted octanol–water partition coefficient (Wildman–Crippen LogP) is 1.21. The van der Waals surface area contributed by atoms with Gasteiger partial charge in [-0.15, -0.1) is 0 Å². The lowest BCUT2D eigenvalue weighted by atomic mass is 10.1. The summed E-state index contributed by atoms with van der Waals surface area (Å²) in [5, 5.41) is 3.36. The molecule has 0 atom stereocenters. The van der Waals surface area contributed by atoms with Crippen molar-refractivity contribution in [2.45, 2.75) is 12.8 Å². The number of amides is 1. The lowest BCUT2D eigenvalue weighted by Crippen LogP contribution is -2.41. The van der Waals surface area contributed by atoms with Crippen LogP contribution in [0.3, 0.4) is 0 Å². The third-order valence-electron chi connectivity index (χ3n) is 3.43. The van der Waals surface area contributed by atoms with Crippen molar-refractivity contribution in [1.82, 2.24) is 14.5 Å². The molecule has 0 aliphatic rings. The van der Waals surface area contributed by atoms with Crippen molar-refractivity contribution in [3.63, 3.8) is 0 Å². The van der Waals surface area contributed by atoms with Gasteiger partial charge in [-0.3, -0.25) is 4.79 Å². The second kappa shape index (κ2) is 9.98. The minimum atomic E-state index is -3.45. The molecular formula is C16H26ClN3O3S. The summed E-state index contributed by atoms with van der Waals surface area (Å²) in [6.07, 6.45) is 2.44. The Kier molecular flexibility index (Phi) is 8.69. The van der Waals surface area contributed by atoms with Crippen molar-refractivity contribution in [3.05, 3.63) is 34.9 Å². The zero-order valence-electron chi connectivity index (χ0n) is 14.5. The monoisotopic (exact) mass is 375 g/mol. The molecule has 0 saturated heterocycles. The van der Waals surface area contributed by atoms with Gasteiger partial charge in [-0.1, -0.05) is 23.7 Å². The van der Waals surface area contributed by atoms with Gasteiger partial charge < -0.3 is 10.2 Å². The minimum absolute atomic E-state index is 0.165. The molecule has 1 amide bonds. The molecule has 0 radical (unpaired) electrons. The van der Waals surface area contributed by atoms with Crippen molar-refractivity contribution < 1.29 is 13.2 Å². The maximum atomic E-state index is 12.0. The molecule has 136 valence electrons. The molecule has 0 bridgehead atoms. The predicted molar refractivity (Wildman–Crippen MR) is 97.8 cm³/mol. The molecule has 0 aliphatic carbocycles. The molecule has 24 heavy (non-hydrogen) atoms. The third-order valence-corrected chi connectivity index (χ3v) is 4.92. The summed E-state index contributed by atoms with van der Waals surface area (Å²) in [7, 11) is 0.470. The van der Waals surface area contributed by atoms with E-state index in [1.165, 1.54) is 4.31 Å². The quantitative estimate of drug-likeness (QED) is 0.624. The summed E-state index contributed by atoms with van der Waals surface area (Å²) < 4.78 is 25.0. The summed E-state index contributed by atoms with van der Waals surface area (Å²) in [6.45, 7) is 1.47. The van der Waals surface area contributed by atoms with Crippen LogP contribution < -0.4 is 5.32 Å². The van der Waals surface area contributed by atoms with Gasteiger partial charge in [0.15, 0.2) is 0 Å². The van der Waals surface area contributed by atoms with Crippen molar-refractivity contribution in [1.29, 1.82) is 0 Å². The van der Waals surface area contributed by atoms with Crippen LogP contribution >= 0.6 is 11.6 Å². The molecule has 0 unspecified atom stereocenters. The Morgan fingerprint density at radius 3 is 2.54 bits per heavy atom. The Morgan fingerprint density at radius 2 is 1.96 bits per heavy atom. The Morgan fingerprint density at radius 1 is 1.25 bits per heavy atom. The number of carbonyl (C=O) groups is 1. The number of nitrogens with zero attached hydrogens (tertiary/aromatic N) is 2. The molecule has 8 heteroatoms. The summed E-state index contributed by atoms with van der Waals surface area (Å²) >= 11 is 5.93. The fraction of sp³-hybridized carbons (Fsp3) is 0.562. The molecule has 0 heterocycles. The van der Waals surface area contributed by atoms with E-state index in [1.807, 2.05) is 31.1 Å². The van der Waals surface area contributed by atoms with E-state index >= 15 is 0 Å². The molecule has 0 saturated carbocycles. The van der Waals surface area contributed by atoms with E-state index in [0.717, 1.165) is 24.8 Å². The van der Waals surface area contributed by atoms with E-state index < -0.39 is 10.0 Å². The zero-order chi connectivity index (χ0) is 18.2.